The van der Waals surface area contributed by atoms with Crippen LogP contribution in [0.15, 0.2) is 9.98 Å². The van der Waals surface area contributed by atoms with Crippen LogP contribution in [-0.2, 0) is 84.6 Å². The van der Waals surface area contributed by atoms with Crippen molar-refractivity contribution in [1.29, 1.82) is 0 Å². The van der Waals surface area contributed by atoms with Crippen molar-refractivity contribution in [2.45, 2.75) is 661 Å². The molecule has 139 heavy (non-hydrogen) atoms. The second kappa shape index (κ2) is 103. The van der Waals surface area contributed by atoms with Gasteiger partial charge in [-0.3, -0.25) is 9.98 Å². The van der Waals surface area contributed by atoms with E-state index in [2.05, 4.69) is 201 Å². The molecule has 3 heteroatoms. The molecule has 0 fully saturated rings. The van der Waals surface area contributed by atoms with Crippen molar-refractivity contribution in [3.8, 4) is 118 Å². The van der Waals surface area contributed by atoms with E-state index in [0.29, 0.717) is 0 Å². The van der Waals surface area contributed by atoms with E-state index in [4.69, 9.17) is 9.98 Å². The molecule has 0 N–H and O–H groups in total. The van der Waals surface area contributed by atoms with Gasteiger partial charge in [0, 0.05) is 128 Å². The molecule has 0 bridgehead atoms. The second-order valence-electron chi connectivity index (χ2n) is 40.4. The first kappa shape index (κ1) is 131. The topological polar surface area (TPSA) is 24.7 Å². The minimum Gasteiger partial charge on any atom is -0.251 e. The maximum absolute atomic E-state index is 6.84. The molecule has 2 aromatic carbocycles. The number of nitrogens with zero attached hydrogens (tertiary/aromatic N) is 2. The summed E-state index contributed by atoms with van der Waals surface area (Å²) in [5, 5.41) is 0. The summed E-state index contributed by atoms with van der Waals surface area (Å²) in [5.41, 5.74) is 19.4. The quantitative estimate of drug-likeness (QED) is 0.0273. The Kier molecular flexibility index (Phi) is 97.5. The van der Waals surface area contributed by atoms with Crippen LogP contribution in [0.5, 0.6) is 0 Å². The van der Waals surface area contributed by atoms with Crippen molar-refractivity contribution < 1.29 is 20.4 Å². The predicted octanol–water partition coefficient (Wildman–Crippen LogP) is 41.4. The molecule has 0 unspecified atom stereocenters. The van der Waals surface area contributed by atoms with Gasteiger partial charge in [-0.1, -0.05) is 378 Å². The molecule has 2 rings (SSSR count). The van der Waals surface area contributed by atoms with Crippen molar-refractivity contribution in [2.75, 3.05) is 0 Å². The summed E-state index contributed by atoms with van der Waals surface area (Å²) >= 11 is 0. The largest absolute Gasteiger partial charge is 2.00 e. The average Bonchev–Trinajstić information content (AvgIpc) is 0.792. The molecule has 0 aliphatic carbocycles. The van der Waals surface area contributed by atoms with Crippen LogP contribution in [-0.4, -0.2) is 11.4 Å². The Bertz CT molecular complexity index is 3870. The fourth-order valence-corrected chi connectivity index (χ4v) is 19.2. The number of hydrogen-bond donors (Lipinski definition) is 0. The minimum atomic E-state index is 0. The summed E-state index contributed by atoms with van der Waals surface area (Å²) in [6.07, 6.45) is 101. The summed E-state index contributed by atoms with van der Waals surface area (Å²) in [6, 6.07) is 0. The third-order valence-corrected chi connectivity index (χ3v) is 27.7. The van der Waals surface area contributed by atoms with Crippen LogP contribution in [0.1, 0.15) is 652 Å². The molecule has 0 aliphatic heterocycles. The number of aliphatic imine (C=N–C) groups is 2. The maximum atomic E-state index is 6.84. The van der Waals surface area contributed by atoms with Gasteiger partial charge >= 0.3 is 20.4 Å². The van der Waals surface area contributed by atoms with E-state index < -0.39 is 0 Å². The van der Waals surface area contributed by atoms with E-state index in [1.165, 1.54) is 399 Å². The molecule has 0 amide bonds. The number of unbranched alkanes of at least 4 members (excludes halogenated alkanes) is 56. The molecule has 0 radical (unpaired) electrons. The Morgan fingerprint density at radius 3 is 0.396 bits per heavy atom. The Morgan fingerprint density at radius 2 is 0.237 bits per heavy atom. The Balaban J connectivity index is 0.0000966. The smallest absolute Gasteiger partial charge is 0.251 e. The Hall–Kier alpha value is -5.96. The zero-order valence-electron chi connectivity index (χ0n) is 93.9. The van der Waals surface area contributed by atoms with Gasteiger partial charge in [-0.15, -0.1) is 118 Å². The van der Waals surface area contributed by atoms with Gasteiger partial charge in [0.15, 0.2) is 0 Å². The van der Waals surface area contributed by atoms with Gasteiger partial charge in [-0.25, -0.2) is 0 Å². The SMILES string of the molecule is CCCCCCC#CCCc1c(CCC#CCCCCCC)c(CCC#CCCCCCC)c(/N=C(CCCCC)/C(CCCCCCCCCCCCCCCCC)=N/c2c(CCC#CCCCCCC)c(CCC#CCCCCCC)c(CCC#CCCCCCC)c(CCC#CCCCCCC)c2CCC#CCCCCCC)c(CCC#CCCCCCC)c1CCC#CCCCCCC.[Pd+2]. The molecule has 778 valence electrons. The molecular weight excluding hydrogens is 1770 g/mol. The summed E-state index contributed by atoms with van der Waals surface area (Å²) in [5.74, 6) is 76.7. The van der Waals surface area contributed by atoms with Crippen molar-refractivity contribution in [3.05, 3.63) is 55.6 Å². The van der Waals surface area contributed by atoms with Gasteiger partial charge in [0.2, 0.25) is 0 Å². The summed E-state index contributed by atoms with van der Waals surface area (Å²) < 4.78 is 0. The second-order valence-corrected chi connectivity index (χ2v) is 40.4. The molecule has 0 atom stereocenters. The standard InChI is InChI=1S/C136H216N2.Pd/c1-13-25-37-48-59-70-71-72-73-74-75-76-87-98-110-122-134(138-136-131(119-108-96-85-68-57-46-34-22-10)127(115-104-92-81-64-53-42-30-18-6)124(112-101-89-78-61-50-39-27-15-3)128(116-105-93-82-65-54-43-31-19-7)132(136)120-109-97-86-69-58-47-35-23-11)133(121-99-36-24-12)137-135-129(117-106-94-83-66-55-44-32-20-8)125(113-102-90-79-62-51-40-28-16-4)123(111-100-88-77-60-49-38-26-14-2)126(114-103-91-80-63-52-41-29-17-5)130(135)118-107-95-84-67-56-45-33-21-9;/h13-76,87,98-122H2,1-12H3;/q;+2/b137-133+,138-134+;. The minimum absolute atomic E-state index is 0. The molecule has 0 aromatic heterocycles. The molecule has 0 saturated carbocycles. The van der Waals surface area contributed by atoms with Crippen LogP contribution in [0.3, 0.4) is 0 Å². The van der Waals surface area contributed by atoms with Crippen LogP contribution in [0.4, 0.5) is 11.4 Å². The van der Waals surface area contributed by atoms with Crippen LogP contribution >= 0.6 is 0 Å². The van der Waals surface area contributed by atoms with Gasteiger partial charge in [0.25, 0.3) is 0 Å². The summed E-state index contributed by atoms with van der Waals surface area (Å²) in [6.45, 7) is 28.0. The molecule has 0 saturated heterocycles. The first-order chi connectivity index (χ1) is 68.4. The van der Waals surface area contributed by atoms with Crippen LogP contribution in [0, 0.1) is 118 Å². The summed E-state index contributed by atoms with van der Waals surface area (Å²) in [4.78, 5) is 13.7. The zero-order chi connectivity index (χ0) is 99.3. The van der Waals surface area contributed by atoms with Gasteiger partial charge in [0.05, 0.1) is 22.8 Å². The van der Waals surface area contributed by atoms with E-state index in [0.717, 1.165) is 257 Å². The van der Waals surface area contributed by atoms with E-state index in [9.17, 15) is 0 Å². The normalized spacial score (nSPS) is 10.9. The molecule has 0 spiro atoms. The van der Waals surface area contributed by atoms with E-state index in [1.54, 1.807) is 0 Å². The summed E-state index contributed by atoms with van der Waals surface area (Å²) in [7, 11) is 0. The van der Waals surface area contributed by atoms with E-state index in [1.807, 2.05) is 0 Å². The average molecular weight is 1990 g/mol. The molecular formula is C136H216N2Pd+2. The van der Waals surface area contributed by atoms with Gasteiger partial charge in [-0.2, -0.15) is 0 Å². The Morgan fingerprint density at radius 1 is 0.129 bits per heavy atom. The molecule has 0 aliphatic rings. The van der Waals surface area contributed by atoms with Crippen LogP contribution in [0.25, 0.3) is 0 Å². The third-order valence-electron chi connectivity index (χ3n) is 27.7. The van der Waals surface area contributed by atoms with Crippen molar-refractivity contribution >= 4 is 22.8 Å². The zero-order valence-corrected chi connectivity index (χ0v) is 95.4. The van der Waals surface area contributed by atoms with Crippen molar-refractivity contribution in [1.82, 2.24) is 0 Å². The number of rotatable bonds is 83. The van der Waals surface area contributed by atoms with E-state index in [-0.39, 0.29) is 20.4 Å². The molecule has 2 nitrogen and oxygen atoms in total. The Labute approximate surface area is 881 Å². The first-order valence-electron chi connectivity index (χ1n) is 60.4. The first-order valence-corrected chi connectivity index (χ1v) is 60.4. The fraction of sp³-hybridized carbons (Fsp3) is 0.750. The number of hydrogen-bond acceptors (Lipinski definition) is 2. The van der Waals surface area contributed by atoms with Crippen molar-refractivity contribution in [3.63, 3.8) is 0 Å². The number of benzene rings is 2. The van der Waals surface area contributed by atoms with E-state index >= 15 is 0 Å². The maximum Gasteiger partial charge on any atom is 2.00 e. The van der Waals surface area contributed by atoms with Gasteiger partial charge in [-0.05, 0) is 210 Å². The fourth-order valence-electron chi connectivity index (χ4n) is 19.2. The molecule has 0 heterocycles. The van der Waals surface area contributed by atoms with Crippen LogP contribution in [0.2, 0.25) is 0 Å². The predicted molar refractivity (Wildman–Crippen MR) is 619 cm³/mol. The third kappa shape index (κ3) is 72.1. The van der Waals surface area contributed by atoms with Gasteiger partial charge < -0.3 is 0 Å². The van der Waals surface area contributed by atoms with Gasteiger partial charge in [0.1, 0.15) is 0 Å². The monoisotopic (exact) mass is 1980 g/mol. The van der Waals surface area contributed by atoms with Crippen LogP contribution < -0.4 is 0 Å². The molecule has 2 aromatic rings. The van der Waals surface area contributed by atoms with Crippen molar-refractivity contribution in [2.24, 2.45) is 9.98 Å².